The number of carbonyl (C=O) groups is 1. The Labute approximate surface area is 135 Å². The van der Waals surface area contributed by atoms with Crippen LogP contribution in [-0.2, 0) is 4.79 Å². The monoisotopic (exact) mass is 312 g/mol. The lowest BCUT2D eigenvalue weighted by Gasteiger charge is -2.45. The van der Waals surface area contributed by atoms with Crippen molar-refractivity contribution in [3.63, 3.8) is 0 Å². The Morgan fingerprint density at radius 2 is 2.09 bits per heavy atom. The van der Waals surface area contributed by atoms with Gasteiger partial charge in [-0.1, -0.05) is 0 Å². The van der Waals surface area contributed by atoms with Crippen molar-refractivity contribution in [2.24, 2.45) is 0 Å². The number of amides is 1. The summed E-state index contributed by atoms with van der Waals surface area (Å²) in [5.74, 6) is 0.539. The zero-order chi connectivity index (χ0) is 16.9. The van der Waals surface area contributed by atoms with Crippen LogP contribution in [-0.4, -0.2) is 34.2 Å². The first-order chi connectivity index (χ1) is 10.8. The molecule has 0 unspecified atom stereocenters. The molecule has 0 fully saturated rings. The van der Waals surface area contributed by atoms with E-state index in [0.717, 1.165) is 11.1 Å². The number of hydrogen-bond acceptors (Lipinski definition) is 4. The minimum atomic E-state index is -0.883. The summed E-state index contributed by atoms with van der Waals surface area (Å²) >= 11 is 0. The maximum atomic E-state index is 12.6. The summed E-state index contributed by atoms with van der Waals surface area (Å²) < 4.78 is 5.90. The van der Waals surface area contributed by atoms with Gasteiger partial charge in [-0.05, 0) is 51.5 Å². The Balaban J connectivity index is 2.12. The van der Waals surface area contributed by atoms with Crippen molar-refractivity contribution in [1.82, 2.24) is 4.90 Å². The molecular formula is C18H20N2O3. The van der Waals surface area contributed by atoms with Crippen molar-refractivity contribution in [3.8, 4) is 11.8 Å². The molecule has 23 heavy (non-hydrogen) atoms. The molecule has 3 rings (SSSR count). The average Bonchev–Trinajstić information content (AvgIpc) is 2.75. The molecule has 5 nitrogen and oxygen atoms in total. The normalized spacial score (nSPS) is 25.9. The third-order valence-electron chi connectivity index (χ3n) is 4.81. The Hall–Kier alpha value is -2.32. The Kier molecular flexibility index (Phi) is 3.46. The molecule has 120 valence electrons. The zero-order valence-electron chi connectivity index (χ0n) is 13.8. The molecule has 2 aliphatic heterocycles. The molecule has 0 aliphatic carbocycles. The Morgan fingerprint density at radius 3 is 2.65 bits per heavy atom. The highest BCUT2D eigenvalue weighted by molar-refractivity contribution is 5.96. The fourth-order valence-electron chi connectivity index (χ4n) is 3.24. The number of nitriles is 1. The van der Waals surface area contributed by atoms with Gasteiger partial charge in [0.2, 0.25) is 5.91 Å². The van der Waals surface area contributed by atoms with Gasteiger partial charge in [-0.3, -0.25) is 4.79 Å². The lowest BCUT2D eigenvalue weighted by molar-refractivity contribution is -0.138. The quantitative estimate of drug-likeness (QED) is 0.863. The third kappa shape index (κ3) is 2.30. The standard InChI is InChI=1S/C18H20N2O3/c1-10-9-20(17(22)11(10)2)15-13-7-12(8-19)5-6-14(13)23-18(3,4)16(15)21/h5-7,15-16,21H,9H2,1-4H3/t15-,16+/m1/s1. The van der Waals surface area contributed by atoms with E-state index in [4.69, 9.17) is 10.00 Å². The highest BCUT2D eigenvalue weighted by atomic mass is 16.5. The molecule has 0 radical (unpaired) electrons. The van der Waals surface area contributed by atoms with Gasteiger partial charge >= 0.3 is 0 Å². The number of ether oxygens (including phenoxy) is 1. The predicted molar refractivity (Wildman–Crippen MR) is 84.7 cm³/mol. The fourth-order valence-corrected chi connectivity index (χ4v) is 3.24. The number of hydrogen-bond donors (Lipinski definition) is 1. The molecule has 1 amide bonds. The average molecular weight is 312 g/mol. The largest absolute Gasteiger partial charge is 0.485 e. The van der Waals surface area contributed by atoms with E-state index < -0.39 is 17.7 Å². The molecule has 0 saturated heterocycles. The van der Waals surface area contributed by atoms with Crippen molar-refractivity contribution >= 4 is 5.91 Å². The molecule has 0 spiro atoms. The van der Waals surface area contributed by atoms with E-state index in [2.05, 4.69) is 6.07 Å². The first-order valence-corrected chi connectivity index (χ1v) is 7.64. The van der Waals surface area contributed by atoms with Crippen LogP contribution in [0.2, 0.25) is 0 Å². The minimum Gasteiger partial charge on any atom is -0.485 e. The highest BCUT2D eigenvalue weighted by Gasteiger charge is 2.48. The smallest absolute Gasteiger partial charge is 0.250 e. The van der Waals surface area contributed by atoms with E-state index in [0.29, 0.717) is 23.4 Å². The first-order valence-electron chi connectivity index (χ1n) is 7.64. The number of rotatable bonds is 1. The molecule has 2 heterocycles. The number of benzene rings is 1. The van der Waals surface area contributed by atoms with Gasteiger partial charge in [-0.15, -0.1) is 0 Å². The molecule has 2 atom stereocenters. The summed E-state index contributed by atoms with van der Waals surface area (Å²) in [6.07, 6.45) is -0.883. The van der Waals surface area contributed by atoms with E-state index in [1.165, 1.54) is 0 Å². The van der Waals surface area contributed by atoms with Crippen LogP contribution in [0.1, 0.15) is 44.9 Å². The van der Waals surface area contributed by atoms with E-state index in [1.807, 2.05) is 6.92 Å². The molecule has 5 heteroatoms. The topological polar surface area (TPSA) is 73.6 Å². The van der Waals surface area contributed by atoms with Crippen molar-refractivity contribution in [3.05, 3.63) is 40.5 Å². The van der Waals surface area contributed by atoms with Gasteiger partial charge in [0.05, 0.1) is 17.7 Å². The van der Waals surface area contributed by atoms with Crippen molar-refractivity contribution in [2.45, 2.75) is 45.4 Å². The first kappa shape index (κ1) is 15.6. The third-order valence-corrected chi connectivity index (χ3v) is 4.81. The second kappa shape index (κ2) is 5.10. The number of aliphatic hydroxyl groups excluding tert-OH is 1. The second-order valence-corrected chi connectivity index (χ2v) is 6.80. The maximum Gasteiger partial charge on any atom is 0.250 e. The molecular weight excluding hydrogens is 292 g/mol. The molecule has 2 aliphatic rings. The molecule has 1 aromatic carbocycles. The molecule has 1 N–H and O–H groups in total. The number of nitrogens with zero attached hydrogens (tertiary/aromatic N) is 2. The maximum absolute atomic E-state index is 12.6. The van der Waals surface area contributed by atoms with Gasteiger partial charge in [0.15, 0.2) is 0 Å². The number of aliphatic hydroxyl groups is 1. The lowest BCUT2D eigenvalue weighted by Crippen LogP contribution is -2.54. The van der Waals surface area contributed by atoms with Crippen LogP contribution in [0.15, 0.2) is 29.3 Å². The van der Waals surface area contributed by atoms with Crippen molar-refractivity contribution in [2.75, 3.05) is 6.54 Å². The summed E-state index contributed by atoms with van der Waals surface area (Å²) in [7, 11) is 0. The summed E-state index contributed by atoms with van der Waals surface area (Å²) in [6, 6.07) is 6.70. The van der Waals surface area contributed by atoms with Gasteiger partial charge in [0.25, 0.3) is 0 Å². The zero-order valence-corrected chi connectivity index (χ0v) is 13.8. The summed E-state index contributed by atoms with van der Waals surface area (Å²) in [4.78, 5) is 14.3. The number of fused-ring (bicyclic) bond motifs is 1. The Morgan fingerprint density at radius 1 is 1.39 bits per heavy atom. The summed E-state index contributed by atoms with van der Waals surface area (Å²) in [6.45, 7) is 7.83. The van der Waals surface area contributed by atoms with Crippen LogP contribution in [0.3, 0.4) is 0 Å². The van der Waals surface area contributed by atoms with E-state index >= 15 is 0 Å². The van der Waals surface area contributed by atoms with Gasteiger partial charge < -0.3 is 14.7 Å². The molecule has 1 aromatic rings. The molecule has 0 saturated carbocycles. The van der Waals surface area contributed by atoms with Gasteiger partial charge in [-0.2, -0.15) is 5.26 Å². The van der Waals surface area contributed by atoms with E-state index in [1.54, 1.807) is 43.9 Å². The van der Waals surface area contributed by atoms with E-state index in [-0.39, 0.29) is 5.91 Å². The SMILES string of the molecule is CC1=C(C)C(=O)N([C@@H]2c3cc(C#N)ccc3OC(C)(C)[C@H]2O)C1. The molecule has 0 bridgehead atoms. The van der Waals surface area contributed by atoms with Crippen LogP contribution < -0.4 is 4.74 Å². The van der Waals surface area contributed by atoms with E-state index in [9.17, 15) is 9.90 Å². The summed E-state index contributed by atoms with van der Waals surface area (Å²) in [5, 5.41) is 20.0. The fraction of sp³-hybridized carbons (Fsp3) is 0.444. The van der Waals surface area contributed by atoms with Crippen LogP contribution in [0, 0.1) is 11.3 Å². The van der Waals surface area contributed by atoms with Crippen molar-refractivity contribution in [1.29, 1.82) is 5.26 Å². The van der Waals surface area contributed by atoms with Crippen LogP contribution in [0.5, 0.6) is 5.75 Å². The number of carbonyl (C=O) groups excluding carboxylic acids is 1. The van der Waals surface area contributed by atoms with Crippen molar-refractivity contribution < 1.29 is 14.6 Å². The Bertz CT molecular complexity index is 758. The minimum absolute atomic E-state index is 0.0717. The second-order valence-electron chi connectivity index (χ2n) is 6.80. The lowest BCUT2D eigenvalue weighted by atomic mass is 9.85. The van der Waals surface area contributed by atoms with Gasteiger partial charge in [-0.25, -0.2) is 0 Å². The predicted octanol–water partition coefficient (Wildman–Crippen LogP) is 2.31. The van der Waals surface area contributed by atoms with Gasteiger partial charge in [0, 0.05) is 17.7 Å². The van der Waals surface area contributed by atoms with Crippen LogP contribution in [0.4, 0.5) is 0 Å². The summed E-state index contributed by atoms with van der Waals surface area (Å²) in [5.41, 5.74) is 2.07. The molecule has 0 aromatic heterocycles. The van der Waals surface area contributed by atoms with Crippen LogP contribution >= 0.6 is 0 Å². The highest BCUT2D eigenvalue weighted by Crippen LogP contribution is 2.44. The van der Waals surface area contributed by atoms with Gasteiger partial charge in [0.1, 0.15) is 17.5 Å². The van der Waals surface area contributed by atoms with Crippen LogP contribution in [0.25, 0.3) is 0 Å².